The Kier molecular flexibility index (Phi) is 3.67. The van der Waals surface area contributed by atoms with Crippen molar-refractivity contribution in [2.75, 3.05) is 7.11 Å². The van der Waals surface area contributed by atoms with E-state index in [9.17, 15) is 19.7 Å². The van der Waals surface area contributed by atoms with Crippen LogP contribution < -0.4 is 4.74 Å². The standard InChI is InChI=1S/C14H15NO6/c1-8-6-12(21-14(4-5-14)9(2)16)11(15(18)19)7-10(8)13(17)20-3/h6-7H,4-5H2,1-3H3. The SMILES string of the molecule is COC(=O)c1cc([N+](=O)[O-])c(OC2(C(C)=O)CC2)cc1C. The van der Waals surface area contributed by atoms with Gasteiger partial charge in [0.1, 0.15) is 0 Å². The first kappa shape index (κ1) is 15.0. The van der Waals surface area contributed by atoms with Crippen LogP contribution in [0.25, 0.3) is 0 Å². The van der Waals surface area contributed by atoms with Gasteiger partial charge < -0.3 is 9.47 Å². The molecular formula is C14H15NO6. The molecule has 0 amide bonds. The van der Waals surface area contributed by atoms with Crippen LogP contribution in [0.3, 0.4) is 0 Å². The van der Waals surface area contributed by atoms with Gasteiger partial charge in [0.15, 0.2) is 17.1 Å². The molecule has 0 heterocycles. The molecule has 0 unspecified atom stereocenters. The van der Waals surface area contributed by atoms with Gasteiger partial charge in [0.05, 0.1) is 17.6 Å². The van der Waals surface area contributed by atoms with Crippen molar-refractivity contribution in [2.45, 2.75) is 32.3 Å². The highest BCUT2D eigenvalue weighted by Crippen LogP contribution is 2.44. The van der Waals surface area contributed by atoms with Crippen LogP contribution in [0.1, 0.15) is 35.7 Å². The van der Waals surface area contributed by atoms with Crippen molar-refractivity contribution in [1.29, 1.82) is 0 Å². The summed E-state index contributed by atoms with van der Waals surface area (Å²) in [7, 11) is 1.20. The third-order valence-electron chi connectivity index (χ3n) is 3.56. The van der Waals surface area contributed by atoms with Crippen molar-refractivity contribution in [3.05, 3.63) is 33.4 Å². The summed E-state index contributed by atoms with van der Waals surface area (Å²) in [5.41, 5.74) is -0.719. The van der Waals surface area contributed by atoms with E-state index in [1.807, 2.05) is 0 Å². The van der Waals surface area contributed by atoms with E-state index in [1.54, 1.807) is 6.92 Å². The van der Waals surface area contributed by atoms with E-state index < -0.39 is 16.5 Å². The molecule has 21 heavy (non-hydrogen) atoms. The molecule has 112 valence electrons. The Hall–Kier alpha value is -2.44. The highest BCUT2D eigenvalue weighted by molar-refractivity contribution is 5.92. The van der Waals surface area contributed by atoms with Gasteiger partial charge in [-0.15, -0.1) is 0 Å². The number of rotatable bonds is 5. The minimum atomic E-state index is -0.954. The molecule has 0 bridgehead atoms. The normalized spacial score (nSPS) is 15.2. The second-order valence-electron chi connectivity index (χ2n) is 5.04. The average molecular weight is 293 g/mol. The van der Waals surface area contributed by atoms with E-state index in [-0.39, 0.29) is 22.8 Å². The quantitative estimate of drug-likeness (QED) is 0.469. The van der Waals surface area contributed by atoms with Gasteiger partial charge in [0.2, 0.25) is 0 Å². The summed E-state index contributed by atoms with van der Waals surface area (Å²) in [6.45, 7) is 3.02. The number of nitro groups is 1. The second-order valence-corrected chi connectivity index (χ2v) is 5.04. The number of nitro benzene ring substituents is 1. The Labute approximate surface area is 121 Å². The maximum absolute atomic E-state index is 11.6. The molecule has 1 fully saturated rings. The fourth-order valence-electron chi connectivity index (χ4n) is 2.07. The predicted octanol–water partition coefficient (Wildman–Crippen LogP) is 2.19. The monoisotopic (exact) mass is 293 g/mol. The predicted molar refractivity (Wildman–Crippen MR) is 72.4 cm³/mol. The Morgan fingerprint density at radius 2 is 1.95 bits per heavy atom. The van der Waals surface area contributed by atoms with Crippen molar-refractivity contribution in [2.24, 2.45) is 0 Å². The zero-order chi connectivity index (χ0) is 15.8. The minimum absolute atomic E-state index is 0.00199. The Bertz CT molecular complexity index is 633. The molecule has 7 nitrogen and oxygen atoms in total. The zero-order valence-corrected chi connectivity index (χ0v) is 12.0. The number of ether oxygens (including phenoxy) is 2. The van der Waals surface area contributed by atoms with Crippen molar-refractivity contribution in [3.8, 4) is 5.75 Å². The van der Waals surface area contributed by atoms with Gasteiger partial charge in [-0.1, -0.05) is 0 Å². The van der Waals surface area contributed by atoms with E-state index in [0.29, 0.717) is 18.4 Å². The topological polar surface area (TPSA) is 95.7 Å². The molecule has 1 saturated carbocycles. The average Bonchev–Trinajstić information content (AvgIpc) is 3.18. The highest BCUT2D eigenvalue weighted by Gasteiger charge is 2.51. The summed E-state index contributed by atoms with van der Waals surface area (Å²) in [5.74, 6) is -0.820. The van der Waals surface area contributed by atoms with Crippen LogP contribution >= 0.6 is 0 Å². The third-order valence-corrected chi connectivity index (χ3v) is 3.56. The highest BCUT2D eigenvalue weighted by atomic mass is 16.6. The summed E-state index contributed by atoms with van der Waals surface area (Å²) in [5, 5.41) is 11.2. The number of hydrogen-bond donors (Lipinski definition) is 0. The number of aryl methyl sites for hydroxylation is 1. The van der Waals surface area contributed by atoms with Crippen LogP contribution in [0.15, 0.2) is 12.1 Å². The fourth-order valence-corrected chi connectivity index (χ4v) is 2.07. The molecule has 0 radical (unpaired) electrons. The van der Waals surface area contributed by atoms with E-state index in [1.165, 1.54) is 20.1 Å². The molecule has 0 spiro atoms. The van der Waals surface area contributed by atoms with Crippen LogP contribution in [-0.4, -0.2) is 29.4 Å². The van der Waals surface area contributed by atoms with Gasteiger partial charge in [-0.3, -0.25) is 14.9 Å². The molecule has 0 N–H and O–H groups in total. The van der Waals surface area contributed by atoms with Gasteiger partial charge in [0.25, 0.3) is 0 Å². The molecule has 0 saturated heterocycles. The van der Waals surface area contributed by atoms with Crippen LogP contribution in [-0.2, 0) is 9.53 Å². The van der Waals surface area contributed by atoms with Crippen LogP contribution in [0, 0.1) is 17.0 Å². The Balaban J connectivity index is 2.46. The zero-order valence-electron chi connectivity index (χ0n) is 12.0. The van der Waals surface area contributed by atoms with Gasteiger partial charge in [-0.05, 0) is 38.3 Å². The van der Waals surface area contributed by atoms with Crippen LogP contribution in [0.2, 0.25) is 0 Å². The van der Waals surface area contributed by atoms with Gasteiger partial charge in [-0.25, -0.2) is 4.79 Å². The Morgan fingerprint density at radius 3 is 2.38 bits per heavy atom. The molecule has 2 rings (SSSR count). The summed E-state index contributed by atoms with van der Waals surface area (Å²) < 4.78 is 10.2. The number of Topliss-reactive ketones (excluding diaryl/α,β-unsaturated/α-hetero) is 1. The van der Waals surface area contributed by atoms with Crippen molar-refractivity contribution >= 4 is 17.4 Å². The van der Waals surface area contributed by atoms with Crippen molar-refractivity contribution in [1.82, 2.24) is 0 Å². The number of methoxy groups -OCH3 is 1. The third kappa shape index (κ3) is 2.72. The summed E-state index contributed by atoms with van der Waals surface area (Å²) in [6.07, 6.45) is 1.08. The van der Waals surface area contributed by atoms with E-state index in [0.717, 1.165) is 6.07 Å². The summed E-state index contributed by atoms with van der Waals surface area (Å²) >= 11 is 0. The van der Waals surface area contributed by atoms with Crippen molar-refractivity contribution < 1.29 is 24.0 Å². The molecular weight excluding hydrogens is 278 g/mol. The van der Waals surface area contributed by atoms with Gasteiger partial charge in [0, 0.05) is 6.07 Å². The maximum Gasteiger partial charge on any atom is 0.338 e. The van der Waals surface area contributed by atoms with E-state index >= 15 is 0 Å². The first-order chi connectivity index (χ1) is 9.80. The number of benzene rings is 1. The smallest absolute Gasteiger partial charge is 0.338 e. The minimum Gasteiger partial charge on any atom is -0.472 e. The fraction of sp³-hybridized carbons (Fsp3) is 0.429. The number of ketones is 1. The second kappa shape index (κ2) is 5.16. The molecule has 7 heteroatoms. The first-order valence-electron chi connectivity index (χ1n) is 6.38. The van der Waals surface area contributed by atoms with Crippen LogP contribution in [0.4, 0.5) is 5.69 Å². The first-order valence-corrected chi connectivity index (χ1v) is 6.38. The molecule has 1 aromatic rings. The van der Waals surface area contributed by atoms with Crippen LogP contribution in [0.5, 0.6) is 5.75 Å². The molecule has 1 aromatic carbocycles. The van der Waals surface area contributed by atoms with E-state index in [4.69, 9.17) is 4.74 Å². The van der Waals surface area contributed by atoms with Gasteiger partial charge in [-0.2, -0.15) is 0 Å². The molecule has 1 aliphatic rings. The molecule has 0 atom stereocenters. The number of nitrogens with zero attached hydrogens (tertiary/aromatic N) is 1. The number of hydrogen-bond acceptors (Lipinski definition) is 6. The van der Waals surface area contributed by atoms with Crippen molar-refractivity contribution in [3.63, 3.8) is 0 Å². The molecule has 1 aliphatic carbocycles. The summed E-state index contributed by atoms with van der Waals surface area (Å²) in [6, 6.07) is 2.51. The summed E-state index contributed by atoms with van der Waals surface area (Å²) in [4.78, 5) is 33.7. The number of esters is 1. The lowest BCUT2D eigenvalue weighted by atomic mass is 10.1. The Morgan fingerprint density at radius 1 is 1.33 bits per heavy atom. The largest absolute Gasteiger partial charge is 0.472 e. The molecule has 0 aliphatic heterocycles. The lowest BCUT2D eigenvalue weighted by Gasteiger charge is -2.16. The lowest BCUT2D eigenvalue weighted by Crippen LogP contribution is -2.27. The number of carbonyl (C=O) groups excluding carboxylic acids is 2. The number of carbonyl (C=O) groups is 2. The van der Waals surface area contributed by atoms with Gasteiger partial charge >= 0.3 is 11.7 Å². The lowest BCUT2D eigenvalue weighted by molar-refractivity contribution is -0.386. The molecule has 0 aromatic heterocycles. The maximum atomic E-state index is 11.6. The van der Waals surface area contributed by atoms with E-state index in [2.05, 4.69) is 4.74 Å².